The molecule has 0 fully saturated rings. The highest BCUT2D eigenvalue weighted by molar-refractivity contribution is 7.89. The molecule has 0 aromatic heterocycles. The van der Waals surface area contributed by atoms with Gasteiger partial charge in [0, 0.05) is 6.54 Å². The van der Waals surface area contributed by atoms with E-state index in [1.54, 1.807) is 0 Å². The van der Waals surface area contributed by atoms with Crippen LogP contribution in [0.1, 0.15) is 24.8 Å². The molecule has 0 aliphatic heterocycles. The van der Waals surface area contributed by atoms with Crippen LogP contribution in [0, 0.1) is 5.82 Å². The SMILES string of the molecule is CC[C@@H](CNS(=O)(=O)c1ccc(F)cc1Cl)c1ccccc1. The van der Waals surface area contributed by atoms with Gasteiger partial charge in [0.15, 0.2) is 0 Å². The van der Waals surface area contributed by atoms with Crippen molar-refractivity contribution in [2.75, 3.05) is 6.54 Å². The highest BCUT2D eigenvalue weighted by Crippen LogP contribution is 2.23. The van der Waals surface area contributed by atoms with E-state index in [0.717, 1.165) is 24.1 Å². The van der Waals surface area contributed by atoms with Crippen LogP contribution in [0.4, 0.5) is 4.39 Å². The summed E-state index contributed by atoms with van der Waals surface area (Å²) in [5.41, 5.74) is 1.07. The zero-order valence-electron chi connectivity index (χ0n) is 12.1. The van der Waals surface area contributed by atoms with Gasteiger partial charge in [-0.05, 0) is 36.1 Å². The molecular formula is C16H17ClFNO2S. The summed E-state index contributed by atoms with van der Waals surface area (Å²) in [6.07, 6.45) is 0.795. The van der Waals surface area contributed by atoms with Gasteiger partial charge in [-0.1, -0.05) is 48.9 Å². The fraction of sp³-hybridized carbons (Fsp3) is 0.250. The van der Waals surface area contributed by atoms with Crippen LogP contribution < -0.4 is 4.72 Å². The summed E-state index contributed by atoms with van der Waals surface area (Å²) in [4.78, 5) is -0.113. The average Bonchev–Trinajstić information content (AvgIpc) is 2.48. The molecule has 0 unspecified atom stereocenters. The minimum atomic E-state index is -3.77. The molecule has 0 aliphatic rings. The van der Waals surface area contributed by atoms with E-state index in [2.05, 4.69) is 4.72 Å². The molecule has 0 amide bonds. The standard InChI is InChI=1S/C16H17ClFNO2S/c1-2-12(13-6-4-3-5-7-13)11-19-22(20,21)16-9-8-14(18)10-15(16)17/h3-10,12,19H,2,11H2,1H3/t12-/m0/s1. The Morgan fingerprint density at radius 3 is 2.45 bits per heavy atom. The van der Waals surface area contributed by atoms with Crippen molar-refractivity contribution in [2.24, 2.45) is 0 Å². The fourth-order valence-corrected chi connectivity index (χ4v) is 3.82. The first-order valence-corrected chi connectivity index (χ1v) is 8.80. The lowest BCUT2D eigenvalue weighted by Crippen LogP contribution is -2.28. The predicted molar refractivity (Wildman–Crippen MR) is 86.1 cm³/mol. The molecule has 0 radical (unpaired) electrons. The number of halogens is 2. The van der Waals surface area contributed by atoms with E-state index in [0.29, 0.717) is 0 Å². The van der Waals surface area contributed by atoms with Gasteiger partial charge in [-0.2, -0.15) is 0 Å². The topological polar surface area (TPSA) is 46.2 Å². The lowest BCUT2D eigenvalue weighted by molar-refractivity contribution is 0.565. The Kier molecular flexibility index (Phi) is 5.56. The third kappa shape index (κ3) is 4.06. The second-order valence-electron chi connectivity index (χ2n) is 4.94. The van der Waals surface area contributed by atoms with E-state index in [9.17, 15) is 12.8 Å². The first-order valence-electron chi connectivity index (χ1n) is 6.93. The van der Waals surface area contributed by atoms with E-state index in [4.69, 9.17) is 11.6 Å². The molecule has 118 valence electrons. The van der Waals surface area contributed by atoms with E-state index in [1.807, 2.05) is 37.3 Å². The molecule has 22 heavy (non-hydrogen) atoms. The van der Waals surface area contributed by atoms with Crippen molar-refractivity contribution in [1.82, 2.24) is 4.72 Å². The van der Waals surface area contributed by atoms with Gasteiger partial charge in [0.25, 0.3) is 0 Å². The third-order valence-corrected chi connectivity index (χ3v) is 5.37. The lowest BCUT2D eigenvalue weighted by atomic mass is 9.97. The summed E-state index contributed by atoms with van der Waals surface area (Å²) in [6.45, 7) is 2.26. The maximum Gasteiger partial charge on any atom is 0.242 e. The van der Waals surface area contributed by atoms with Crippen molar-refractivity contribution >= 4 is 21.6 Å². The van der Waals surface area contributed by atoms with Crippen molar-refractivity contribution in [3.8, 4) is 0 Å². The van der Waals surface area contributed by atoms with Crippen molar-refractivity contribution in [2.45, 2.75) is 24.2 Å². The molecule has 0 heterocycles. The largest absolute Gasteiger partial charge is 0.242 e. The Morgan fingerprint density at radius 1 is 1.18 bits per heavy atom. The molecule has 0 saturated carbocycles. The minimum Gasteiger partial charge on any atom is -0.210 e. The van der Waals surface area contributed by atoms with Gasteiger partial charge >= 0.3 is 0 Å². The number of hydrogen-bond acceptors (Lipinski definition) is 2. The quantitative estimate of drug-likeness (QED) is 0.864. The van der Waals surface area contributed by atoms with Crippen LogP contribution in [0.25, 0.3) is 0 Å². The van der Waals surface area contributed by atoms with Gasteiger partial charge in [-0.25, -0.2) is 17.5 Å². The lowest BCUT2D eigenvalue weighted by Gasteiger charge is -2.16. The van der Waals surface area contributed by atoms with Crippen molar-refractivity contribution in [3.63, 3.8) is 0 Å². The molecule has 0 aliphatic carbocycles. The van der Waals surface area contributed by atoms with Gasteiger partial charge < -0.3 is 0 Å². The molecule has 1 atom stereocenters. The Morgan fingerprint density at radius 2 is 1.86 bits per heavy atom. The summed E-state index contributed by atoms with van der Waals surface area (Å²) >= 11 is 5.82. The van der Waals surface area contributed by atoms with E-state index < -0.39 is 15.8 Å². The van der Waals surface area contributed by atoms with Gasteiger partial charge in [-0.15, -0.1) is 0 Å². The number of rotatable bonds is 6. The number of sulfonamides is 1. The highest BCUT2D eigenvalue weighted by Gasteiger charge is 2.20. The van der Waals surface area contributed by atoms with Crippen molar-refractivity contribution in [1.29, 1.82) is 0 Å². The number of benzene rings is 2. The predicted octanol–water partition coefficient (Wildman–Crippen LogP) is 3.95. The van der Waals surface area contributed by atoms with Gasteiger partial charge in [0.05, 0.1) is 5.02 Å². The number of hydrogen-bond donors (Lipinski definition) is 1. The van der Waals surface area contributed by atoms with Crippen molar-refractivity contribution < 1.29 is 12.8 Å². The summed E-state index contributed by atoms with van der Waals surface area (Å²) in [5.74, 6) is -0.505. The first kappa shape index (κ1) is 16.9. The van der Waals surface area contributed by atoms with Gasteiger partial charge in [0.2, 0.25) is 10.0 Å². The average molecular weight is 342 g/mol. The van der Waals surface area contributed by atoms with E-state index in [1.165, 1.54) is 6.07 Å². The molecule has 1 N–H and O–H groups in total. The zero-order chi connectivity index (χ0) is 16.2. The van der Waals surface area contributed by atoms with Crippen LogP contribution in [0.2, 0.25) is 5.02 Å². The molecule has 2 rings (SSSR count). The Labute approximate surface area is 135 Å². The van der Waals surface area contributed by atoms with Gasteiger partial charge in [-0.3, -0.25) is 0 Å². The van der Waals surface area contributed by atoms with Crippen LogP contribution >= 0.6 is 11.6 Å². The van der Waals surface area contributed by atoms with Crippen LogP contribution in [-0.4, -0.2) is 15.0 Å². The molecule has 2 aromatic carbocycles. The summed E-state index contributed by atoms with van der Waals surface area (Å²) < 4.78 is 40.2. The Hall–Kier alpha value is -1.43. The smallest absolute Gasteiger partial charge is 0.210 e. The second kappa shape index (κ2) is 7.22. The Balaban J connectivity index is 2.15. The first-order chi connectivity index (χ1) is 10.4. The highest BCUT2D eigenvalue weighted by atomic mass is 35.5. The minimum absolute atomic E-state index is 0.0650. The normalized spacial score (nSPS) is 13.0. The molecule has 6 heteroatoms. The Bertz CT molecular complexity index is 735. The van der Waals surface area contributed by atoms with Crippen LogP contribution in [0.15, 0.2) is 53.4 Å². The molecule has 3 nitrogen and oxygen atoms in total. The van der Waals surface area contributed by atoms with Gasteiger partial charge in [0.1, 0.15) is 10.7 Å². The fourth-order valence-electron chi connectivity index (χ4n) is 2.20. The van der Waals surface area contributed by atoms with E-state index >= 15 is 0 Å². The monoisotopic (exact) mass is 341 g/mol. The summed E-state index contributed by atoms with van der Waals surface area (Å²) in [5, 5.41) is -0.125. The van der Waals surface area contributed by atoms with E-state index in [-0.39, 0.29) is 22.4 Å². The molecule has 0 bridgehead atoms. The second-order valence-corrected chi connectivity index (χ2v) is 7.09. The summed E-state index contributed by atoms with van der Waals surface area (Å²) in [6, 6.07) is 12.9. The maximum absolute atomic E-state index is 13.0. The molecular weight excluding hydrogens is 325 g/mol. The van der Waals surface area contributed by atoms with Crippen molar-refractivity contribution in [3.05, 3.63) is 64.9 Å². The molecule has 0 saturated heterocycles. The number of nitrogens with one attached hydrogen (secondary N) is 1. The van der Waals surface area contributed by atoms with Crippen LogP contribution in [0.5, 0.6) is 0 Å². The summed E-state index contributed by atoms with van der Waals surface area (Å²) in [7, 11) is -3.77. The third-order valence-electron chi connectivity index (χ3n) is 3.47. The molecule has 0 spiro atoms. The maximum atomic E-state index is 13.0. The van der Waals surface area contributed by atoms with Crippen LogP contribution in [-0.2, 0) is 10.0 Å². The zero-order valence-corrected chi connectivity index (χ0v) is 13.7. The molecule has 2 aromatic rings. The van der Waals surface area contributed by atoms with Crippen LogP contribution in [0.3, 0.4) is 0 Å².